The van der Waals surface area contributed by atoms with E-state index < -0.39 is 0 Å². The van der Waals surface area contributed by atoms with Gasteiger partial charge in [0.05, 0.1) is 12.5 Å². The quantitative estimate of drug-likeness (QED) is 0.729. The van der Waals surface area contributed by atoms with Crippen molar-refractivity contribution in [2.45, 2.75) is 13.8 Å². The summed E-state index contributed by atoms with van der Waals surface area (Å²) in [5, 5.41) is 14.4. The van der Waals surface area contributed by atoms with Crippen molar-refractivity contribution in [3.05, 3.63) is 24.4 Å². The molecule has 0 saturated carbocycles. The normalized spacial score (nSPS) is 11.6. The van der Waals surface area contributed by atoms with Crippen molar-refractivity contribution in [1.29, 1.82) is 0 Å². The number of nitrogens with two attached hydrogens (primary N) is 1. The Labute approximate surface area is 118 Å². The zero-order valence-corrected chi connectivity index (χ0v) is 12.1. The molecule has 0 amide bonds. The lowest BCUT2D eigenvalue weighted by atomic mass is 9.95. The van der Waals surface area contributed by atoms with Crippen LogP contribution in [0.25, 0.3) is 10.8 Å². The number of aromatic nitrogens is 1. The van der Waals surface area contributed by atoms with Crippen LogP contribution in [0.1, 0.15) is 13.8 Å². The minimum Gasteiger partial charge on any atom is -0.496 e. The van der Waals surface area contributed by atoms with Crippen molar-refractivity contribution in [3.8, 4) is 5.75 Å². The molecule has 0 saturated heterocycles. The molecule has 0 aliphatic heterocycles. The largest absolute Gasteiger partial charge is 0.496 e. The number of benzene rings is 1. The van der Waals surface area contributed by atoms with Gasteiger partial charge in [0.2, 0.25) is 0 Å². The summed E-state index contributed by atoms with van der Waals surface area (Å²) >= 11 is 0. The topological polar surface area (TPSA) is 80.4 Å². The maximum atomic E-state index is 9.32. The molecule has 5 nitrogen and oxygen atoms in total. The average molecular weight is 275 g/mol. The van der Waals surface area contributed by atoms with Gasteiger partial charge in [0.1, 0.15) is 11.6 Å². The maximum absolute atomic E-state index is 9.32. The van der Waals surface area contributed by atoms with E-state index in [1.54, 1.807) is 13.3 Å². The number of pyridine rings is 1. The highest BCUT2D eigenvalue weighted by molar-refractivity contribution is 6.03. The summed E-state index contributed by atoms with van der Waals surface area (Å²) in [7, 11) is 1.63. The van der Waals surface area contributed by atoms with Crippen LogP contribution in [0.3, 0.4) is 0 Å². The van der Waals surface area contributed by atoms with Gasteiger partial charge in [0.25, 0.3) is 0 Å². The first-order valence-corrected chi connectivity index (χ1v) is 6.54. The molecule has 2 rings (SSSR count). The molecule has 0 aliphatic carbocycles. The van der Waals surface area contributed by atoms with Gasteiger partial charge in [-0.3, -0.25) is 0 Å². The highest BCUT2D eigenvalue weighted by Crippen LogP contribution is 2.34. The molecule has 20 heavy (non-hydrogen) atoms. The average Bonchev–Trinajstić information content (AvgIpc) is 2.45. The number of nitrogen functional groups attached to an aromatic ring is 1. The maximum Gasteiger partial charge on any atom is 0.136 e. The number of aliphatic hydroxyl groups is 1. The first-order chi connectivity index (χ1) is 9.48. The van der Waals surface area contributed by atoms with Crippen molar-refractivity contribution in [1.82, 2.24) is 4.98 Å². The standard InChI is InChI=1S/C15H21N3O2/c1-15(2,9-19)8-18-14-13-10(6-7-17-14)12(20-3)5-4-11(13)16/h4-7,19H,8-9,16H2,1-3H3,(H,17,18). The summed E-state index contributed by atoms with van der Waals surface area (Å²) in [5.74, 6) is 1.47. The molecule has 1 aromatic carbocycles. The summed E-state index contributed by atoms with van der Waals surface area (Å²) in [6.45, 7) is 4.67. The van der Waals surface area contributed by atoms with Crippen LogP contribution in [0.15, 0.2) is 24.4 Å². The molecule has 108 valence electrons. The molecule has 0 aliphatic rings. The Bertz CT molecular complexity index is 611. The number of anilines is 2. The van der Waals surface area contributed by atoms with Gasteiger partial charge >= 0.3 is 0 Å². The third-order valence-electron chi connectivity index (χ3n) is 3.30. The molecule has 0 fully saturated rings. The van der Waals surface area contributed by atoms with Crippen LogP contribution >= 0.6 is 0 Å². The molecule has 1 aromatic heterocycles. The Morgan fingerprint density at radius 3 is 2.75 bits per heavy atom. The SMILES string of the molecule is COc1ccc(N)c2c(NCC(C)(C)CO)nccc12. The number of ether oxygens (including phenoxy) is 1. The van der Waals surface area contributed by atoms with E-state index in [0.29, 0.717) is 18.1 Å². The number of nitrogens with one attached hydrogen (secondary N) is 1. The molecule has 2 aromatic rings. The van der Waals surface area contributed by atoms with Gasteiger partial charge in [-0.1, -0.05) is 13.8 Å². The summed E-state index contributed by atoms with van der Waals surface area (Å²) in [5.41, 5.74) is 6.49. The van der Waals surface area contributed by atoms with Crippen molar-refractivity contribution < 1.29 is 9.84 Å². The lowest BCUT2D eigenvalue weighted by Crippen LogP contribution is -2.27. The van der Waals surface area contributed by atoms with Crippen LogP contribution in [-0.2, 0) is 0 Å². The zero-order valence-electron chi connectivity index (χ0n) is 12.1. The van der Waals surface area contributed by atoms with Crippen LogP contribution in [0, 0.1) is 5.41 Å². The van der Waals surface area contributed by atoms with Gasteiger partial charge < -0.3 is 20.9 Å². The number of rotatable bonds is 5. The predicted molar refractivity (Wildman–Crippen MR) is 82.1 cm³/mol. The second-order valence-electron chi connectivity index (χ2n) is 5.62. The molecule has 0 atom stereocenters. The predicted octanol–water partition coefficient (Wildman–Crippen LogP) is 2.26. The number of hydrogen-bond donors (Lipinski definition) is 3. The van der Waals surface area contributed by atoms with E-state index in [1.165, 1.54) is 0 Å². The fourth-order valence-electron chi connectivity index (χ4n) is 1.99. The van der Waals surface area contributed by atoms with Crippen LogP contribution in [0.4, 0.5) is 11.5 Å². The van der Waals surface area contributed by atoms with Crippen LogP contribution in [0.2, 0.25) is 0 Å². The second kappa shape index (κ2) is 5.54. The fraction of sp³-hybridized carbons (Fsp3) is 0.400. The van der Waals surface area contributed by atoms with E-state index in [2.05, 4.69) is 10.3 Å². The lowest BCUT2D eigenvalue weighted by molar-refractivity contribution is 0.171. The third-order valence-corrected chi connectivity index (χ3v) is 3.30. The molecular formula is C15H21N3O2. The van der Waals surface area contributed by atoms with Crippen molar-refractivity contribution in [3.63, 3.8) is 0 Å². The summed E-state index contributed by atoms with van der Waals surface area (Å²) < 4.78 is 5.35. The smallest absolute Gasteiger partial charge is 0.136 e. The van der Waals surface area contributed by atoms with Crippen molar-refractivity contribution in [2.75, 3.05) is 31.3 Å². The van der Waals surface area contributed by atoms with Crippen molar-refractivity contribution in [2.24, 2.45) is 5.41 Å². The zero-order chi connectivity index (χ0) is 14.8. The highest BCUT2D eigenvalue weighted by Gasteiger charge is 2.17. The molecule has 0 unspecified atom stereocenters. The number of aliphatic hydroxyl groups excluding tert-OH is 1. The van der Waals surface area contributed by atoms with Crippen molar-refractivity contribution >= 4 is 22.3 Å². The minimum atomic E-state index is -0.225. The van der Waals surface area contributed by atoms with Gasteiger partial charge in [-0.2, -0.15) is 0 Å². The molecule has 0 radical (unpaired) electrons. The van der Waals surface area contributed by atoms with Crippen LogP contribution < -0.4 is 15.8 Å². The van der Waals surface area contributed by atoms with Crippen LogP contribution in [0.5, 0.6) is 5.75 Å². The van der Waals surface area contributed by atoms with E-state index in [-0.39, 0.29) is 12.0 Å². The Kier molecular flexibility index (Phi) is 3.99. The first-order valence-electron chi connectivity index (χ1n) is 6.54. The van der Waals surface area contributed by atoms with Gasteiger partial charge in [-0.25, -0.2) is 4.98 Å². The third kappa shape index (κ3) is 2.77. The molecule has 0 spiro atoms. The van der Waals surface area contributed by atoms with Gasteiger partial charge in [0.15, 0.2) is 0 Å². The summed E-state index contributed by atoms with van der Waals surface area (Å²) in [4.78, 5) is 4.35. The lowest BCUT2D eigenvalue weighted by Gasteiger charge is -2.23. The van der Waals surface area contributed by atoms with Gasteiger partial charge in [-0.15, -0.1) is 0 Å². The fourth-order valence-corrected chi connectivity index (χ4v) is 1.99. The van der Waals surface area contributed by atoms with Gasteiger partial charge in [0, 0.05) is 35.8 Å². The Morgan fingerprint density at radius 1 is 1.35 bits per heavy atom. The minimum absolute atomic E-state index is 0.101. The van der Waals surface area contributed by atoms with E-state index in [9.17, 15) is 5.11 Å². The Morgan fingerprint density at radius 2 is 2.10 bits per heavy atom. The number of nitrogens with zero attached hydrogens (tertiary/aromatic N) is 1. The Hall–Kier alpha value is -2.01. The molecule has 0 bridgehead atoms. The van der Waals surface area contributed by atoms with E-state index in [1.807, 2.05) is 32.0 Å². The molecular weight excluding hydrogens is 254 g/mol. The van der Waals surface area contributed by atoms with Crippen LogP contribution in [-0.4, -0.2) is 30.4 Å². The molecule has 1 heterocycles. The van der Waals surface area contributed by atoms with E-state index >= 15 is 0 Å². The number of methoxy groups -OCH3 is 1. The highest BCUT2D eigenvalue weighted by atomic mass is 16.5. The Balaban J connectivity index is 2.44. The van der Waals surface area contributed by atoms with E-state index in [4.69, 9.17) is 10.5 Å². The second-order valence-corrected chi connectivity index (χ2v) is 5.62. The summed E-state index contributed by atoms with van der Waals surface area (Å²) in [6, 6.07) is 5.54. The number of fused-ring (bicyclic) bond motifs is 1. The summed E-state index contributed by atoms with van der Waals surface area (Å²) in [6.07, 6.45) is 1.72. The van der Waals surface area contributed by atoms with E-state index in [0.717, 1.165) is 16.5 Å². The first kappa shape index (κ1) is 14.4. The van der Waals surface area contributed by atoms with Gasteiger partial charge in [-0.05, 0) is 18.2 Å². The monoisotopic (exact) mass is 275 g/mol. The number of hydrogen-bond acceptors (Lipinski definition) is 5. The molecule has 5 heteroatoms. The molecule has 4 N–H and O–H groups in total.